The Balaban J connectivity index is 2.19. The lowest BCUT2D eigenvalue weighted by Gasteiger charge is -1.94. The summed E-state index contributed by atoms with van der Waals surface area (Å²) in [5.41, 5.74) is 0.995. The van der Waals surface area contributed by atoms with E-state index in [1.807, 2.05) is 0 Å². The molecule has 1 aromatic carbocycles. The predicted molar refractivity (Wildman–Crippen MR) is 77.1 cm³/mol. The van der Waals surface area contributed by atoms with Crippen LogP contribution in [0.15, 0.2) is 47.6 Å². The van der Waals surface area contributed by atoms with Crippen LogP contribution in [0.4, 0.5) is 4.39 Å². The van der Waals surface area contributed by atoms with E-state index in [2.05, 4.69) is 11.6 Å². The van der Waals surface area contributed by atoms with Crippen LogP contribution in [0.2, 0.25) is 0 Å². The first kappa shape index (κ1) is 13.1. The lowest BCUT2D eigenvalue weighted by atomic mass is 10.2. The average molecular weight is 279 g/mol. The highest BCUT2D eigenvalue weighted by Crippen LogP contribution is 2.30. The van der Waals surface area contributed by atoms with Gasteiger partial charge in [0.25, 0.3) is 0 Å². The number of carbonyl (C=O) groups is 1. The fourth-order valence-electron chi connectivity index (χ4n) is 1.34. The monoisotopic (exact) mass is 279 g/mol. The second-order valence-electron chi connectivity index (χ2n) is 3.45. The number of hydrogen-bond donors (Lipinski definition) is 0. The summed E-state index contributed by atoms with van der Waals surface area (Å²) in [6, 6.07) is 6.07. The van der Waals surface area contributed by atoms with Crippen molar-refractivity contribution in [2.45, 2.75) is 0 Å². The predicted octanol–water partition coefficient (Wildman–Crippen LogP) is 3.72. The van der Waals surface area contributed by atoms with Crippen LogP contribution in [0.25, 0.3) is 6.08 Å². The molecule has 5 heteroatoms. The Morgan fingerprint density at radius 3 is 3.06 bits per heavy atom. The molecule has 0 N–H and O–H groups in total. The van der Waals surface area contributed by atoms with Gasteiger partial charge in [-0.2, -0.15) is 0 Å². The summed E-state index contributed by atoms with van der Waals surface area (Å²) in [6.45, 7) is 3.61. The van der Waals surface area contributed by atoms with Gasteiger partial charge in [-0.25, -0.2) is 9.38 Å². The summed E-state index contributed by atoms with van der Waals surface area (Å²) in [5, 5.41) is -0.106. The third kappa shape index (κ3) is 3.34. The molecule has 1 aliphatic rings. The van der Waals surface area contributed by atoms with Crippen LogP contribution in [0, 0.1) is 5.82 Å². The zero-order valence-electron chi connectivity index (χ0n) is 9.43. The van der Waals surface area contributed by atoms with Crippen LogP contribution >= 0.6 is 23.5 Å². The Morgan fingerprint density at radius 1 is 1.50 bits per heavy atom. The van der Waals surface area contributed by atoms with Crippen molar-refractivity contribution < 1.29 is 9.18 Å². The molecule has 92 valence electrons. The van der Waals surface area contributed by atoms with Crippen LogP contribution in [-0.2, 0) is 4.79 Å². The van der Waals surface area contributed by atoms with E-state index in [0.717, 1.165) is 11.8 Å². The maximum atomic E-state index is 13.0. The van der Waals surface area contributed by atoms with Gasteiger partial charge < -0.3 is 0 Å². The zero-order valence-corrected chi connectivity index (χ0v) is 11.1. The topological polar surface area (TPSA) is 29.4 Å². The minimum atomic E-state index is -0.326. The third-order valence-corrected chi connectivity index (χ3v) is 4.08. The first-order valence-corrected chi connectivity index (χ1v) is 7.01. The summed E-state index contributed by atoms with van der Waals surface area (Å²) in [6.07, 6.45) is 3.35. The van der Waals surface area contributed by atoms with Crippen molar-refractivity contribution in [3.63, 3.8) is 0 Å². The van der Waals surface area contributed by atoms with Gasteiger partial charge in [0.05, 0.1) is 0 Å². The number of thioether (sulfide) groups is 2. The molecule has 0 aromatic heterocycles. The summed E-state index contributed by atoms with van der Waals surface area (Å²) in [5.74, 6) is 0.388. The molecule has 0 saturated carbocycles. The fourth-order valence-corrected chi connectivity index (χ4v) is 2.94. The van der Waals surface area contributed by atoms with Crippen molar-refractivity contribution in [2.24, 2.45) is 4.99 Å². The molecular weight excluding hydrogens is 269 g/mol. The van der Waals surface area contributed by atoms with Crippen molar-refractivity contribution >= 4 is 39.1 Å². The van der Waals surface area contributed by atoms with E-state index in [-0.39, 0.29) is 10.9 Å². The molecule has 0 amide bonds. The Kier molecular flexibility index (Phi) is 4.38. The lowest BCUT2D eigenvalue weighted by molar-refractivity contribution is -0.107. The molecule has 2 nitrogen and oxygen atoms in total. The molecule has 1 aliphatic heterocycles. The Hall–Kier alpha value is -1.33. The van der Waals surface area contributed by atoms with Crippen LogP contribution in [0.5, 0.6) is 0 Å². The number of rotatable bonds is 3. The van der Waals surface area contributed by atoms with Crippen LogP contribution in [0.3, 0.4) is 0 Å². The van der Waals surface area contributed by atoms with Crippen molar-refractivity contribution in [3.05, 3.63) is 54.0 Å². The highest BCUT2D eigenvalue weighted by molar-refractivity contribution is 8.45. The van der Waals surface area contributed by atoms with Gasteiger partial charge in [0.15, 0.2) is 0 Å². The Morgan fingerprint density at radius 2 is 2.33 bits per heavy atom. The van der Waals surface area contributed by atoms with Gasteiger partial charge in [-0.1, -0.05) is 30.0 Å². The molecule has 0 atom stereocenters. The fraction of sp³-hybridized carbons (Fsp3) is 0.0769. The maximum Gasteiger partial charge on any atom is 0.244 e. The van der Waals surface area contributed by atoms with E-state index in [0.29, 0.717) is 21.4 Å². The molecule has 0 fully saturated rings. The van der Waals surface area contributed by atoms with E-state index in [4.69, 9.17) is 0 Å². The van der Waals surface area contributed by atoms with E-state index in [1.54, 1.807) is 24.3 Å². The largest absolute Gasteiger partial charge is 0.279 e. The first-order valence-electron chi connectivity index (χ1n) is 5.21. The maximum absolute atomic E-state index is 13.0. The van der Waals surface area contributed by atoms with Crippen LogP contribution in [-0.4, -0.2) is 15.2 Å². The molecule has 1 aromatic rings. The molecule has 0 bridgehead atoms. The number of halogens is 1. The number of aliphatic imine (C=N–C) groups is 1. The van der Waals surface area contributed by atoms with Gasteiger partial charge in [0, 0.05) is 5.75 Å². The first-order chi connectivity index (χ1) is 8.69. The SMILES string of the molecule is C=CCSC1=N/C(=C/c2cccc(F)c2)C(=O)S1. The highest BCUT2D eigenvalue weighted by Gasteiger charge is 2.21. The molecular formula is C13H10FNOS2. The second kappa shape index (κ2) is 6.02. The van der Waals surface area contributed by atoms with Gasteiger partial charge in [-0.05, 0) is 35.5 Å². The van der Waals surface area contributed by atoms with Crippen molar-refractivity contribution in [3.8, 4) is 0 Å². The third-order valence-electron chi connectivity index (χ3n) is 2.08. The zero-order chi connectivity index (χ0) is 13.0. The minimum Gasteiger partial charge on any atom is -0.279 e. The second-order valence-corrected chi connectivity index (χ2v) is 5.68. The van der Waals surface area contributed by atoms with Crippen LogP contribution < -0.4 is 0 Å². The summed E-state index contributed by atoms with van der Waals surface area (Å²) in [4.78, 5) is 15.9. The number of hydrogen-bond acceptors (Lipinski definition) is 4. The van der Waals surface area contributed by atoms with Crippen molar-refractivity contribution in [1.82, 2.24) is 0 Å². The quantitative estimate of drug-likeness (QED) is 0.624. The van der Waals surface area contributed by atoms with E-state index in [1.165, 1.54) is 23.9 Å². The lowest BCUT2D eigenvalue weighted by Crippen LogP contribution is -1.88. The van der Waals surface area contributed by atoms with Gasteiger partial charge in [0.2, 0.25) is 5.12 Å². The van der Waals surface area contributed by atoms with Gasteiger partial charge in [-0.3, -0.25) is 4.79 Å². The molecule has 18 heavy (non-hydrogen) atoms. The number of benzene rings is 1. The summed E-state index contributed by atoms with van der Waals surface area (Å²) in [7, 11) is 0. The average Bonchev–Trinajstić information content (AvgIpc) is 2.68. The normalized spacial score (nSPS) is 17.1. The smallest absolute Gasteiger partial charge is 0.244 e. The molecule has 2 rings (SSSR count). The van der Waals surface area contributed by atoms with Gasteiger partial charge in [0.1, 0.15) is 15.9 Å². The molecule has 0 radical (unpaired) electrons. The highest BCUT2D eigenvalue weighted by atomic mass is 32.2. The van der Waals surface area contributed by atoms with Crippen molar-refractivity contribution in [1.29, 1.82) is 0 Å². The van der Waals surface area contributed by atoms with Gasteiger partial charge in [-0.15, -0.1) is 6.58 Å². The van der Waals surface area contributed by atoms with Gasteiger partial charge >= 0.3 is 0 Å². The Labute approximate surface area is 113 Å². The minimum absolute atomic E-state index is 0.106. The van der Waals surface area contributed by atoms with E-state index >= 15 is 0 Å². The van der Waals surface area contributed by atoms with E-state index in [9.17, 15) is 9.18 Å². The van der Waals surface area contributed by atoms with Crippen LogP contribution in [0.1, 0.15) is 5.56 Å². The van der Waals surface area contributed by atoms with E-state index < -0.39 is 0 Å². The molecule has 0 aliphatic carbocycles. The molecule has 0 saturated heterocycles. The molecule has 0 spiro atoms. The number of nitrogens with zero attached hydrogens (tertiary/aromatic N) is 1. The Bertz CT molecular complexity index is 552. The standard InChI is InChI=1S/C13H10FNOS2/c1-2-6-17-13-15-11(12(16)18-13)8-9-4-3-5-10(14)7-9/h2-5,7-8H,1,6H2/b11-8+. The number of carbonyl (C=O) groups excluding carboxylic acids is 1. The summed E-state index contributed by atoms with van der Waals surface area (Å²) < 4.78 is 13.7. The molecule has 0 unspecified atom stereocenters. The summed E-state index contributed by atoms with van der Waals surface area (Å²) >= 11 is 2.57. The molecule has 1 heterocycles. The van der Waals surface area contributed by atoms with Crippen molar-refractivity contribution in [2.75, 3.05) is 5.75 Å².